The van der Waals surface area contributed by atoms with Crippen molar-refractivity contribution < 1.29 is 73.3 Å². The van der Waals surface area contributed by atoms with Crippen molar-refractivity contribution in [1.29, 1.82) is 0 Å². The molecule has 0 aromatic heterocycles. The van der Waals surface area contributed by atoms with Crippen molar-refractivity contribution >= 4 is 6.41 Å². The van der Waals surface area contributed by atoms with Gasteiger partial charge in [0.2, 0.25) is 0 Å². The van der Waals surface area contributed by atoms with E-state index in [1.807, 2.05) is 0 Å². The van der Waals surface area contributed by atoms with E-state index in [1.54, 1.807) is 54.9 Å². The molecule has 0 aliphatic heterocycles. The van der Waals surface area contributed by atoms with Crippen molar-refractivity contribution in [2.24, 2.45) is 10.8 Å². The molecule has 0 unspecified atom stereocenters. The molecule has 0 atom stereocenters. The topological polar surface area (TPSA) is 0 Å². The SMILES string of the molecule is CC(C)(C)C1=CC[C-]=C1.CC(C)(C)C1=CC[C-]=C1.CC(C)(C)c1c[c-]c2c(c1)-c1cc(C(C)(C)C)ccc1C2.CC(C)(C)c1c[c-]c2c(c1)-c1cc(C(C)(C)C)ccc1C2.CC[C](=[Zr+2])CC.CC[C](=[Zr+2])CC.[Cl-].[Cl-]. The van der Waals surface area contributed by atoms with Gasteiger partial charge < -0.3 is 24.8 Å². The first kappa shape index (κ1) is 69.9. The van der Waals surface area contributed by atoms with E-state index in [-0.39, 0.29) is 46.5 Å². The average Bonchev–Trinajstić information content (AvgIpc) is 4.14. The summed E-state index contributed by atoms with van der Waals surface area (Å²) in [4.78, 5) is 0. The van der Waals surface area contributed by atoms with E-state index in [1.165, 1.54) is 104 Å². The zero-order valence-corrected chi connectivity index (χ0v) is 56.9. The normalized spacial score (nSPS) is 13.8. The fourth-order valence-corrected chi connectivity index (χ4v) is 8.31. The molecule has 0 saturated heterocycles. The molecule has 4 aromatic rings. The Morgan fingerprint density at radius 3 is 0.892 bits per heavy atom. The predicted octanol–water partition coefficient (Wildman–Crippen LogP) is 13.8. The van der Waals surface area contributed by atoms with Crippen LogP contribution in [0.15, 0.2) is 96.1 Å². The minimum atomic E-state index is 0. The largest absolute Gasteiger partial charge is 1.00 e. The second-order valence-electron chi connectivity index (χ2n) is 26.2. The van der Waals surface area contributed by atoms with Gasteiger partial charge >= 0.3 is 108 Å². The minimum Gasteiger partial charge on any atom is -1.00 e. The van der Waals surface area contributed by atoms with Crippen LogP contribution < -0.4 is 24.8 Å². The van der Waals surface area contributed by atoms with E-state index < -0.39 is 0 Å². The number of fused-ring (bicyclic) bond motifs is 6. The molecular formula is C70H96Cl2Zr2-2. The number of hydrogen-bond donors (Lipinski definition) is 0. The van der Waals surface area contributed by atoms with Crippen LogP contribution in [-0.2, 0) is 83.0 Å². The van der Waals surface area contributed by atoms with Crippen molar-refractivity contribution in [2.75, 3.05) is 0 Å². The standard InChI is InChI=1S/2C21H25.2C9H13.2C5H10.2ClH.2Zr/c2*1-20(2,3)16-9-7-14-11-15-8-10-17(21(4,5)6)13-19(15)18(14)12-16;2*1-9(2,3)8-6-4-5-7-8;2*1-3-5-4-2;;;;/h2*7,9-10,12-13H,11H2,1-6H3;2*6-7H,4H2,1-3H3;2*3-4H2,1-2H3;2*1H;;/q4*-1;;;;;2*+2/p-2. The number of benzene rings is 4. The Bertz CT molecular complexity index is 2270. The Hall–Kier alpha value is -2.07. The molecule has 0 nitrogen and oxygen atoms in total. The van der Waals surface area contributed by atoms with Crippen LogP contribution in [0.1, 0.15) is 235 Å². The van der Waals surface area contributed by atoms with Crippen LogP contribution in [0.5, 0.6) is 0 Å². The predicted molar refractivity (Wildman–Crippen MR) is 313 cm³/mol. The van der Waals surface area contributed by atoms with Gasteiger partial charge in [0.15, 0.2) is 0 Å². The maximum absolute atomic E-state index is 3.53. The fraction of sp³-hybridized carbons (Fsp3) is 0.514. The summed E-state index contributed by atoms with van der Waals surface area (Å²) in [7, 11) is 0. The van der Waals surface area contributed by atoms with Gasteiger partial charge in [-0.3, -0.25) is 12.2 Å². The van der Waals surface area contributed by atoms with Crippen LogP contribution in [0.3, 0.4) is 0 Å². The molecular weight excluding hydrogens is 1090 g/mol. The van der Waals surface area contributed by atoms with Gasteiger partial charge in [0.05, 0.1) is 0 Å². The molecule has 4 heteroatoms. The van der Waals surface area contributed by atoms with E-state index in [0.29, 0.717) is 10.8 Å². The molecule has 0 amide bonds. The third kappa shape index (κ3) is 21.6. The van der Waals surface area contributed by atoms with Crippen LogP contribution in [-0.4, -0.2) is 6.41 Å². The van der Waals surface area contributed by atoms with Crippen molar-refractivity contribution in [3.05, 3.63) is 165 Å². The van der Waals surface area contributed by atoms with Crippen molar-refractivity contribution in [3.8, 4) is 22.3 Å². The van der Waals surface area contributed by atoms with Gasteiger partial charge in [-0.2, -0.15) is 82.0 Å². The summed E-state index contributed by atoms with van der Waals surface area (Å²) in [5.74, 6) is 0. The fourth-order valence-electron chi connectivity index (χ4n) is 8.31. The average molecular weight is 1190 g/mol. The third-order valence-corrected chi connectivity index (χ3v) is 17.4. The summed E-state index contributed by atoms with van der Waals surface area (Å²) in [5, 5.41) is 0. The van der Waals surface area contributed by atoms with E-state index in [0.717, 1.165) is 25.7 Å². The first-order valence-electron chi connectivity index (χ1n) is 27.2. The molecule has 0 radical (unpaired) electrons. The van der Waals surface area contributed by atoms with Crippen LogP contribution in [0.25, 0.3) is 22.3 Å². The van der Waals surface area contributed by atoms with Crippen LogP contribution in [0.4, 0.5) is 0 Å². The van der Waals surface area contributed by atoms with E-state index in [4.69, 9.17) is 0 Å². The molecule has 8 rings (SSSR count). The van der Waals surface area contributed by atoms with Crippen molar-refractivity contribution in [1.82, 2.24) is 0 Å². The van der Waals surface area contributed by atoms with E-state index in [2.05, 4.69) is 262 Å². The Balaban J connectivity index is 0.000000478. The van der Waals surface area contributed by atoms with Crippen molar-refractivity contribution in [3.63, 3.8) is 0 Å². The van der Waals surface area contributed by atoms with Crippen molar-refractivity contribution in [2.45, 2.75) is 225 Å². The molecule has 0 saturated carbocycles. The molecule has 0 heterocycles. The van der Waals surface area contributed by atoms with Gasteiger partial charge in [-0.25, -0.2) is 12.2 Å². The van der Waals surface area contributed by atoms with Gasteiger partial charge in [-0.1, -0.05) is 205 Å². The Kier molecular flexibility index (Phi) is 28.1. The maximum Gasteiger partial charge on any atom is -1.00 e. The van der Waals surface area contributed by atoms with E-state index >= 15 is 0 Å². The van der Waals surface area contributed by atoms with Gasteiger partial charge in [0, 0.05) is 0 Å². The van der Waals surface area contributed by atoms with Gasteiger partial charge in [0.1, 0.15) is 0 Å². The summed E-state index contributed by atoms with van der Waals surface area (Å²) in [5.41, 5.74) is 21.0. The molecule has 4 aliphatic carbocycles. The molecule has 0 N–H and O–H groups in total. The first-order chi connectivity index (χ1) is 33.1. The summed E-state index contributed by atoms with van der Waals surface area (Å²) in [6, 6.07) is 30.1. The zero-order chi connectivity index (χ0) is 54.6. The Morgan fingerprint density at radius 1 is 0.405 bits per heavy atom. The number of halogens is 2. The minimum absolute atomic E-state index is 0. The monoisotopic (exact) mass is 1190 g/mol. The molecule has 0 bridgehead atoms. The van der Waals surface area contributed by atoms with Gasteiger partial charge in [-0.05, 0) is 34.8 Å². The summed E-state index contributed by atoms with van der Waals surface area (Å²) >= 11 is 3.24. The number of rotatable bonds is 4. The molecule has 0 fully saturated rings. The molecule has 0 spiro atoms. The Labute approximate surface area is 498 Å². The van der Waals surface area contributed by atoms with Gasteiger partial charge in [-0.15, -0.1) is 24.0 Å². The number of allylic oxidation sites excluding steroid dienone is 8. The molecule has 74 heavy (non-hydrogen) atoms. The number of hydrogen-bond acceptors (Lipinski definition) is 0. The van der Waals surface area contributed by atoms with Crippen LogP contribution in [0.2, 0.25) is 0 Å². The second-order valence-corrected chi connectivity index (χ2v) is 29.7. The maximum atomic E-state index is 3.53. The molecule has 400 valence electrons. The van der Waals surface area contributed by atoms with E-state index in [9.17, 15) is 0 Å². The van der Waals surface area contributed by atoms with Crippen LogP contribution >= 0.6 is 0 Å². The summed E-state index contributed by atoms with van der Waals surface area (Å²) in [6.45, 7) is 49.5. The first-order valence-corrected chi connectivity index (χ1v) is 29.7. The third-order valence-electron chi connectivity index (χ3n) is 13.9. The Morgan fingerprint density at radius 2 is 0.689 bits per heavy atom. The second kappa shape index (κ2) is 29.8. The summed E-state index contributed by atoms with van der Waals surface area (Å²) < 4.78 is 3.37. The smallest absolute Gasteiger partial charge is 1.00 e. The zero-order valence-electron chi connectivity index (χ0n) is 50.5. The molecule has 4 aliphatic rings. The quantitative estimate of drug-likeness (QED) is 0.154. The van der Waals surface area contributed by atoms with Crippen LogP contribution in [0, 0.1) is 35.1 Å². The molecule has 4 aromatic carbocycles. The summed E-state index contributed by atoms with van der Waals surface area (Å²) in [6.07, 6.45) is 24.2. The van der Waals surface area contributed by atoms with Gasteiger partial charge in [0.25, 0.3) is 0 Å².